The van der Waals surface area contributed by atoms with Gasteiger partial charge in [0.15, 0.2) is 11.5 Å². The van der Waals surface area contributed by atoms with Crippen LogP contribution in [-0.4, -0.2) is 5.11 Å². The number of benzene rings is 2. The van der Waals surface area contributed by atoms with Crippen molar-refractivity contribution in [1.29, 1.82) is 0 Å². The maximum atomic E-state index is 9.93. The Morgan fingerprint density at radius 1 is 1.16 bits per heavy atom. The standard InChI is InChI=1S/C16H19NO2/c1-2-14(17)13-8-9-16(15(18)10-13)19-11-12-6-4-3-5-7-12/h3-10,14,18H,2,11,17H2,1H3. The number of nitrogens with two attached hydrogens (primary N) is 1. The van der Waals surface area contributed by atoms with Crippen LogP contribution < -0.4 is 10.5 Å². The summed E-state index contributed by atoms with van der Waals surface area (Å²) in [6.45, 7) is 2.45. The molecule has 0 aliphatic carbocycles. The predicted molar refractivity (Wildman–Crippen MR) is 76.1 cm³/mol. The molecule has 0 spiro atoms. The summed E-state index contributed by atoms with van der Waals surface area (Å²) in [6.07, 6.45) is 0.837. The summed E-state index contributed by atoms with van der Waals surface area (Å²) < 4.78 is 5.60. The third-order valence-corrected chi connectivity index (χ3v) is 3.09. The second-order valence-corrected chi connectivity index (χ2v) is 4.52. The van der Waals surface area contributed by atoms with Gasteiger partial charge in [0.25, 0.3) is 0 Å². The van der Waals surface area contributed by atoms with Gasteiger partial charge in [0.05, 0.1) is 0 Å². The summed E-state index contributed by atoms with van der Waals surface area (Å²) in [5, 5.41) is 9.93. The van der Waals surface area contributed by atoms with Crippen molar-refractivity contribution in [2.45, 2.75) is 26.0 Å². The topological polar surface area (TPSA) is 55.5 Å². The molecule has 3 nitrogen and oxygen atoms in total. The van der Waals surface area contributed by atoms with E-state index in [1.807, 2.05) is 43.3 Å². The number of hydrogen-bond acceptors (Lipinski definition) is 3. The van der Waals surface area contributed by atoms with Gasteiger partial charge in [0.1, 0.15) is 6.61 Å². The molecule has 0 saturated carbocycles. The van der Waals surface area contributed by atoms with E-state index in [4.69, 9.17) is 10.5 Å². The fourth-order valence-corrected chi connectivity index (χ4v) is 1.86. The number of phenolic OH excluding ortho intramolecular Hbond substituents is 1. The summed E-state index contributed by atoms with van der Waals surface area (Å²) in [5.74, 6) is 0.619. The summed E-state index contributed by atoms with van der Waals surface area (Å²) in [6, 6.07) is 15.1. The molecule has 0 amide bonds. The van der Waals surface area contributed by atoms with Gasteiger partial charge in [-0.15, -0.1) is 0 Å². The van der Waals surface area contributed by atoms with Gasteiger partial charge in [0.2, 0.25) is 0 Å². The van der Waals surface area contributed by atoms with E-state index in [1.165, 1.54) is 0 Å². The minimum atomic E-state index is -0.0472. The van der Waals surface area contributed by atoms with Crippen molar-refractivity contribution in [2.24, 2.45) is 5.73 Å². The maximum absolute atomic E-state index is 9.93. The zero-order chi connectivity index (χ0) is 13.7. The molecule has 0 heterocycles. The van der Waals surface area contributed by atoms with Crippen molar-refractivity contribution in [3.8, 4) is 11.5 Å². The van der Waals surface area contributed by atoms with Gasteiger partial charge in [-0.3, -0.25) is 0 Å². The smallest absolute Gasteiger partial charge is 0.161 e. The first kappa shape index (κ1) is 13.4. The predicted octanol–water partition coefficient (Wildman–Crippen LogP) is 3.38. The molecule has 1 unspecified atom stereocenters. The second kappa shape index (κ2) is 6.25. The summed E-state index contributed by atoms with van der Waals surface area (Å²) in [4.78, 5) is 0. The van der Waals surface area contributed by atoms with E-state index in [2.05, 4.69) is 0 Å². The number of aromatic hydroxyl groups is 1. The van der Waals surface area contributed by atoms with Crippen LogP contribution in [0.1, 0.15) is 30.5 Å². The molecule has 0 aromatic heterocycles. The molecular weight excluding hydrogens is 238 g/mol. The highest BCUT2D eigenvalue weighted by Gasteiger charge is 2.08. The second-order valence-electron chi connectivity index (χ2n) is 4.52. The summed E-state index contributed by atoms with van der Waals surface area (Å²) >= 11 is 0. The summed E-state index contributed by atoms with van der Waals surface area (Å²) in [7, 11) is 0. The van der Waals surface area contributed by atoms with E-state index >= 15 is 0 Å². The monoisotopic (exact) mass is 257 g/mol. The zero-order valence-electron chi connectivity index (χ0n) is 11.0. The lowest BCUT2D eigenvalue weighted by Crippen LogP contribution is -2.08. The average Bonchev–Trinajstić information content (AvgIpc) is 2.46. The number of hydrogen-bond donors (Lipinski definition) is 2. The van der Waals surface area contributed by atoms with Crippen LogP contribution in [0.4, 0.5) is 0 Å². The Hall–Kier alpha value is -2.00. The minimum Gasteiger partial charge on any atom is -0.504 e. The third kappa shape index (κ3) is 3.48. The number of phenols is 1. The van der Waals surface area contributed by atoms with Gasteiger partial charge in [-0.25, -0.2) is 0 Å². The minimum absolute atomic E-state index is 0.0472. The first-order valence-corrected chi connectivity index (χ1v) is 6.46. The van der Waals surface area contributed by atoms with Gasteiger partial charge in [0, 0.05) is 6.04 Å². The van der Waals surface area contributed by atoms with E-state index in [9.17, 15) is 5.11 Å². The molecule has 3 heteroatoms. The molecule has 2 aromatic rings. The Kier molecular flexibility index (Phi) is 4.42. The molecule has 0 aliphatic heterocycles. The van der Waals surface area contributed by atoms with Crippen LogP contribution in [0.15, 0.2) is 48.5 Å². The van der Waals surface area contributed by atoms with Crippen molar-refractivity contribution >= 4 is 0 Å². The largest absolute Gasteiger partial charge is 0.504 e. The first-order valence-electron chi connectivity index (χ1n) is 6.46. The van der Waals surface area contributed by atoms with E-state index in [1.54, 1.807) is 12.1 Å². The van der Waals surface area contributed by atoms with Crippen molar-refractivity contribution in [3.63, 3.8) is 0 Å². The van der Waals surface area contributed by atoms with Crippen LogP contribution in [0.2, 0.25) is 0 Å². The molecule has 0 bridgehead atoms. The van der Waals surface area contributed by atoms with Crippen LogP contribution in [-0.2, 0) is 6.61 Å². The van der Waals surface area contributed by atoms with E-state index in [0.29, 0.717) is 12.4 Å². The van der Waals surface area contributed by atoms with Gasteiger partial charge < -0.3 is 15.6 Å². The van der Waals surface area contributed by atoms with E-state index in [-0.39, 0.29) is 11.8 Å². The Labute approximate surface area is 113 Å². The summed E-state index contributed by atoms with van der Waals surface area (Å²) in [5.41, 5.74) is 7.92. The van der Waals surface area contributed by atoms with Crippen LogP contribution in [0, 0.1) is 0 Å². The Morgan fingerprint density at radius 3 is 2.53 bits per heavy atom. The van der Waals surface area contributed by atoms with Gasteiger partial charge in [-0.1, -0.05) is 43.3 Å². The molecule has 1 atom stereocenters. The highest BCUT2D eigenvalue weighted by molar-refractivity contribution is 5.42. The lowest BCUT2D eigenvalue weighted by molar-refractivity contribution is 0.288. The molecule has 0 saturated heterocycles. The molecule has 2 aromatic carbocycles. The molecule has 0 radical (unpaired) electrons. The normalized spacial score (nSPS) is 12.1. The molecule has 100 valence electrons. The molecule has 0 fully saturated rings. The van der Waals surface area contributed by atoms with Gasteiger partial charge >= 0.3 is 0 Å². The van der Waals surface area contributed by atoms with Crippen LogP contribution >= 0.6 is 0 Å². The third-order valence-electron chi connectivity index (χ3n) is 3.09. The molecule has 2 rings (SSSR count). The Balaban J connectivity index is 2.05. The molecule has 19 heavy (non-hydrogen) atoms. The lowest BCUT2D eigenvalue weighted by atomic mass is 10.1. The molecule has 0 aliphatic rings. The maximum Gasteiger partial charge on any atom is 0.161 e. The number of rotatable bonds is 5. The quantitative estimate of drug-likeness (QED) is 0.863. The van der Waals surface area contributed by atoms with Crippen molar-refractivity contribution in [2.75, 3.05) is 0 Å². The highest BCUT2D eigenvalue weighted by Crippen LogP contribution is 2.30. The van der Waals surface area contributed by atoms with Crippen molar-refractivity contribution in [1.82, 2.24) is 0 Å². The SMILES string of the molecule is CCC(N)c1ccc(OCc2ccccc2)c(O)c1. The van der Waals surface area contributed by atoms with Crippen LogP contribution in [0.5, 0.6) is 11.5 Å². The number of ether oxygens (including phenoxy) is 1. The lowest BCUT2D eigenvalue weighted by Gasteiger charge is -2.12. The fourth-order valence-electron chi connectivity index (χ4n) is 1.86. The van der Waals surface area contributed by atoms with Crippen molar-refractivity contribution in [3.05, 3.63) is 59.7 Å². The Bertz CT molecular complexity index is 526. The van der Waals surface area contributed by atoms with E-state index < -0.39 is 0 Å². The first-order chi connectivity index (χ1) is 9.20. The van der Waals surface area contributed by atoms with Gasteiger partial charge in [-0.05, 0) is 29.7 Å². The fraction of sp³-hybridized carbons (Fsp3) is 0.250. The van der Waals surface area contributed by atoms with Gasteiger partial charge in [-0.2, -0.15) is 0 Å². The van der Waals surface area contributed by atoms with E-state index in [0.717, 1.165) is 17.5 Å². The van der Waals surface area contributed by atoms with Crippen LogP contribution in [0.25, 0.3) is 0 Å². The Morgan fingerprint density at radius 2 is 1.89 bits per heavy atom. The average molecular weight is 257 g/mol. The molecular formula is C16H19NO2. The van der Waals surface area contributed by atoms with Crippen LogP contribution in [0.3, 0.4) is 0 Å². The zero-order valence-corrected chi connectivity index (χ0v) is 11.0. The highest BCUT2D eigenvalue weighted by atomic mass is 16.5. The van der Waals surface area contributed by atoms with Crippen molar-refractivity contribution < 1.29 is 9.84 Å². The molecule has 3 N–H and O–H groups in total.